The van der Waals surface area contributed by atoms with Gasteiger partial charge in [-0.2, -0.15) is 0 Å². The fourth-order valence-corrected chi connectivity index (χ4v) is 1.78. The summed E-state index contributed by atoms with van der Waals surface area (Å²) in [5.74, 6) is -1.20. The van der Waals surface area contributed by atoms with E-state index in [1.54, 1.807) is 25.3 Å². The molecule has 0 spiro atoms. The van der Waals surface area contributed by atoms with Crippen LogP contribution in [0.1, 0.15) is 25.8 Å². The highest BCUT2D eigenvalue weighted by Crippen LogP contribution is 2.16. The molecule has 2 amide bonds. The molecule has 0 aliphatic carbocycles. The number of carbonyl (C=O) groups is 2. The number of carbonyl (C=O) groups excluding carboxylic acids is 2. The SMILES string of the molecule is COCCCNC(=O)C(C)(C)C(=O)NCc1ccccc1F. The predicted molar refractivity (Wildman–Crippen MR) is 81.5 cm³/mol. The van der Waals surface area contributed by atoms with E-state index in [1.165, 1.54) is 19.9 Å². The molecule has 22 heavy (non-hydrogen) atoms. The van der Waals surface area contributed by atoms with E-state index >= 15 is 0 Å². The van der Waals surface area contributed by atoms with Crippen molar-refractivity contribution in [3.63, 3.8) is 0 Å². The third-order valence-corrected chi connectivity index (χ3v) is 3.34. The molecule has 0 saturated carbocycles. The molecule has 0 bridgehead atoms. The van der Waals surface area contributed by atoms with Crippen LogP contribution in [0.3, 0.4) is 0 Å². The third-order valence-electron chi connectivity index (χ3n) is 3.34. The Labute approximate surface area is 130 Å². The van der Waals surface area contributed by atoms with Gasteiger partial charge >= 0.3 is 0 Å². The molecule has 0 aliphatic rings. The molecule has 5 nitrogen and oxygen atoms in total. The number of hydrogen-bond donors (Lipinski definition) is 2. The average molecular weight is 310 g/mol. The monoisotopic (exact) mass is 310 g/mol. The lowest BCUT2D eigenvalue weighted by atomic mass is 9.91. The van der Waals surface area contributed by atoms with Crippen LogP contribution in [0.4, 0.5) is 4.39 Å². The Morgan fingerprint density at radius 1 is 1.18 bits per heavy atom. The van der Waals surface area contributed by atoms with Gasteiger partial charge in [0.05, 0.1) is 0 Å². The first-order valence-electron chi connectivity index (χ1n) is 7.18. The minimum Gasteiger partial charge on any atom is -0.385 e. The quantitative estimate of drug-likeness (QED) is 0.566. The summed E-state index contributed by atoms with van der Waals surface area (Å²) in [5, 5.41) is 5.29. The highest BCUT2D eigenvalue weighted by molar-refractivity contribution is 6.04. The molecule has 0 radical (unpaired) electrons. The Hall–Kier alpha value is -1.95. The molecule has 2 N–H and O–H groups in total. The van der Waals surface area contributed by atoms with E-state index in [-0.39, 0.29) is 18.3 Å². The van der Waals surface area contributed by atoms with E-state index in [2.05, 4.69) is 10.6 Å². The molecule has 1 rings (SSSR count). The molecular weight excluding hydrogens is 287 g/mol. The van der Waals surface area contributed by atoms with Crippen LogP contribution in [0.2, 0.25) is 0 Å². The molecule has 122 valence electrons. The van der Waals surface area contributed by atoms with E-state index in [1.807, 2.05) is 0 Å². The van der Waals surface area contributed by atoms with Gasteiger partial charge in [0.25, 0.3) is 0 Å². The number of amides is 2. The van der Waals surface area contributed by atoms with Crippen molar-refractivity contribution in [1.29, 1.82) is 0 Å². The fourth-order valence-electron chi connectivity index (χ4n) is 1.78. The van der Waals surface area contributed by atoms with Crippen molar-refractivity contribution in [1.82, 2.24) is 10.6 Å². The number of ether oxygens (including phenoxy) is 1. The molecule has 0 unspecified atom stereocenters. The number of hydrogen-bond acceptors (Lipinski definition) is 3. The topological polar surface area (TPSA) is 67.4 Å². The zero-order valence-electron chi connectivity index (χ0n) is 13.2. The van der Waals surface area contributed by atoms with Gasteiger partial charge in [-0.25, -0.2) is 4.39 Å². The van der Waals surface area contributed by atoms with Gasteiger partial charge in [-0.15, -0.1) is 0 Å². The third kappa shape index (κ3) is 5.11. The van der Waals surface area contributed by atoms with Crippen molar-refractivity contribution in [3.05, 3.63) is 35.6 Å². The maximum Gasteiger partial charge on any atom is 0.235 e. The van der Waals surface area contributed by atoms with Crippen LogP contribution in [0.15, 0.2) is 24.3 Å². The van der Waals surface area contributed by atoms with Crippen molar-refractivity contribution < 1.29 is 18.7 Å². The molecule has 1 aromatic carbocycles. The van der Waals surface area contributed by atoms with Crippen molar-refractivity contribution in [2.75, 3.05) is 20.3 Å². The van der Waals surface area contributed by atoms with Crippen LogP contribution < -0.4 is 10.6 Å². The number of benzene rings is 1. The molecule has 0 atom stereocenters. The van der Waals surface area contributed by atoms with Crippen LogP contribution >= 0.6 is 0 Å². The summed E-state index contributed by atoms with van der Waals surface area (Å²) in [6.45, 7) is 4.10. The predicted octanol–water partition coefficient (Wildman–Crippen LogP) is 1.62. The summed E-state index contributed by atoms with van der Waals surface area (Å²) in [6.07, 6.45) is 0.676. The van der Waals surface area contributed by atoms with Gasteiger partial charge < -0.3 is 15.4 Å². The molecule has 0 heterocycles. The summed E-state index contributed by atoms with van der Waals surface area (Å²) in [6, 6.07) is 6.19. The van der Waals surface area contributed by atoms with Crippen LogP contribution in [-0.2, 0) is 20.9 Å². The van der Waals surface area contributed by atoms with Crippen molar-refractivity contribution in [2.24, 2.45) is 5.41 Å². The van der Waals surface area contributed by atoms with Crippen LogP contribution in [0, 0.1) is 11.2 Å². The summed E-state index contributed by atoms with van der Waals surface area (Å²) < 4.78 is 18.4. The molecule has 0 aromatic heterocycles. The first-order chi connectivity index (χ1) is 10.4. The van der Waals surface area contributed by atoms with E-state index in [0.717, 1.165) is 0 Å². The second-order valence-corrected chi connectivity index (χ2v) is 5.50. The second kappa shape index (κ2) is 8.48. The summed E-state index contributed by atoms with van der Waals surface area (Å²) in [5.41, 5.74) is -0.842. The Balaban J connectivity index is 2.51. The standard InChI is InChI=1S/C16H23FN2O3/c1-16(2,14(20)18-9-6-10-22-3)15(21)19-11-12-7-4-5-8-13(12)17/h4-5,7-8H,6,9-11H2,1-3H3,(H,18,20)(H,19,21). The van der Waals surface area contributed by atoms with Crippen molar-refractivity contribution >= 4 is 11.8 Å². The Kier molecular flexibility index (Phi) is 6.98. The van der Waals surface area contributed by atoms with Gasteiger partial charge in [0.2, 0.25) is 11.8 Å². The minimum absolute atomic E-state index is 0.0475. The van der Waals surface area contributed by atoms with E-state index in [0.29, 0.717) is 25.1 Å². The summed E-state index contributed by atoms with van der Waals surface area (Å²) >= 11 is 0. The van der Waals surface area contributed by atoms with Gasteiger partial charge in [-0.05, 0) is 26.3 Å². The molecule has 1 aromatic rings. The number of nitrogens with one attached hydrogen (secondary N) is 2. The largest absolute Gasteiger partial charge is 0.385 e. The van der Waals surface area contributed by atoms with Crippen LogP contribution in [0.5, 0.6) is 0 Å². The number of methoxy groups -OCH3 is 1. The minimum atomic E-state index is -1.22. The van der Waals surface area contributed by atoms with Gasteiger partial charge in [-0.1, -0.05) is 18.2 Å². The maximum absolute atomic E-state index is 13.5. The first-order valence-corrected chi connectivity index (χ1v) is 7.18. The lowest BCUT2D eigenvalue weighted by Crippen LogP contribution is -2.48. The fraction of sp³-hybridized carbons (Fsp3) is 0.500. The first kappa shape index (κ1) is 18.1. The Morgan fingerprint density at radius 2 is 1.82 bits per heavy atom. The highest BCUT2D eigenvalue weighted by atomic mass is 19.1. The summed E-state index contributed by atoms with van der Waals surface area (Å²) in [4.78, 5) is 24.2. The molecule has 0 saturated heterocycles. The molecular formula is C16H23FN2O3. The van der Waals surface area contributed by atoms with E-state index < -0.39 is 11.3 Å². The maximum atomic E-state index is 13.5. The van der Waals surface area contributed by atoms with Gasteiger partial charge in [0.15, 0.2) is 0 Å². The molecule has 0 aliphatic heterocycles. The van der Waals surface area contributed by atoms with Gasteiger partial charge in [0, 0.05) is 32.4 Å². The second-order valence-electron chi connectivity index (χ2n) is 5.50. The Bertz CT molecular complexity index is 518. The summed E-state index contributed by atoms with van der Waals surface area (Å²) in [7, 11) is 1.59. The zero-order valence-corrected chi connectivity index (χ0v) is 13.2. The van der Waals surface area contributed by atoms with Gasteiger partial charge in [0.1, 0.15) is 11.2 Å². The number of halogens is 1. The van der Waals surface area contributed by atoms with Crippen LogP contribution in [0.25, 0.3) is 0 Å². The highest BCUT2D eigenvalue weighted by Gasteiger charge is 2.35. The van der Waals surface area contributed by atoms with Crippen molar-refractivity contribution in [2.45, 2.75) is 26.8 Å². The Morgan fingerprint density at radius 3 is 2.45 bits per heavy atom. The van der Waals surface area contributed by atoms with E-state index in [9.17, 15) is 14.0 Å². The van der Waals surface area contributed by atoms with Crippen LogP contribution in [-0.4, -0.2) is 32.1 Å². The zero-order chi connectivity index (χ0) is 16.6. The normalized spacial score (nSPS) is 11.1. The number of rotatable bonds is 8. The lowest BCUT2D eigenvalue weighted by Gasteiger charge is -2.22. The van der Waals surface area contributed by atoms with Crippen molar-refractivity contribution in [3.8, 4) is 0 Å². The van der Waals surface area contributed by atoms with Gasteiger partial charge in [-0.3, -0.25) is 9.59 Å². The van der Waals surface area contributed by atoms with E-state index in [4.69, 9.17) is 4.74 Å². The average Bonchev–Trinajstić information content (AvgIpc) is 2.50. The molecule has 0 fully saturated rings. The molecule has 6 heteroatoms. The smallest absolute Gasteiger partial charge is 0.235 e. The lowest BCUT2D eigenvalue weighted by molar-refractivity contribution is -0.141.